The number of rotatable bonds is 1. The normalized spacial score (nSPS) is 17.6. The van der Waals surface area contributed by atoms with Crippen molar-refractivity contribution in [2.45, 2.75) is 12.1 Å². The SMILES string of the molecule is c1ccc2cc3c(ccc4c(C5C[Si][Si][Si]O5)c5ccccc5cc43)cc2c1. The van der Waals surface area contributed by atoms with Gasteiger partial charge in [-0.05, 0) is 72.9 Å². The molecule has 0 amide bonds. The lowest BCUT2D eigenvalue weighted by Crippen LogP contribution is -2.27. The minimum atomic E-state index is 0.226. The molecule has 6 rings (SSSR count). The first-order chi connectivity index (χ1) is 13.9. The molecule has 0 N–H and O–H groups in total. The molecule has 1 aliphatic rings. The van der Waals surface area contributed by atoms with E-state index in [1.807, 2.05) is 0 Å². The van der Waals surface area contributed by atoms with Crippen LogP contribution < -0.4 is 0 Å². The van der Waals surface area contributed by atoms with Gasteiger partial charge in [0.05, 0.1) is 6.10 Å². The molecule has 4 heteroatoms. The molecular formula is C24H16OSi3. The number of hydrogen-bond donors (Lipinski definition) is 0. The van der Waals surface area contributed by atoms with Crippen molar-refractivity contribution in [2.24, 2.45) is 0 Å². The summed E-state index contributed by atoms with van der Waals surface area (Å²) in [6.45, 7) is 0. The summed E-state index contributed by atoms with van der Waals surface area (Å²) < 4.78 is 6.31. The second-order valence-electron chi connectivity index (χ2n) is 7.31. The zero-order valence-electron chi connectivity index (χ0n) is 15.2. The van der Waals surface area contributed by atoms with E-state index in [0.29, 0.717) is 9.28 Å². The van der Waals surface area contributed by atoms with Gasteiger partial charge in [-0.15, -0.1) is 0 Å². The van der Waals surface area contributed by atoms with Crippen LogP contribution in [0.25, 0.3) is 43.1 Å². The van der Waals surface area contributed by atoms with Gasteiger partial charge in [-0.3, -0.25) is 0 Å². The summed E-state index contributed by atoms with van der Waals surface area (Å²) in [7, 11) is 2.68. The summed E-state index contributed by atoms with van der Waals surface area (Å²) in [5, 5.41) is 10.6. The average molecular weight is 405 g/mol. The topological polar surface area (TPSA) is 9.23 Å². The third-order valence-electron chi connectivity index (χ3n) is 5.72. The zero-order valence-corrected chi connectivity index (χ0v) is 18.2. The summed E-state index contributed by atoms with van der Waals surface area (Å²) in [4.78, 5) is 0. The quantitative estimate of drug-likeness (QED) is 0.199. The summed E-state index contributed by atoms with van der Waals surface area (Å²) in [6, 6.07) is 30.3. The molecule has 6 radical (unpaired) electrons. The first-order valence-electron chi connectivity index (χ1n) is 9.54. The minimum Gasteiger partial charge on any atom is -0.416 e. The third kappa shape index (κ3) is 2.60. The number of fused-ring (bicyclic) bond motifs is 5. The van der Waals surface area contributed by atoms with E-state index < -0.39 is 0 Å². The summed E-state index contributed by atoms with van der Waals surface area (Å²) in [5.74, 6) is 0. The fourth-order valence-corrected chi connectivity index (χ4v) is 9.42. The molecule has 130 valence electrons. The van der Waals surface area contributed by atoms with Crippen LogP contribution in [-0.4, -0.2) is 26.9 Å². The van der Waals surface area contributed by atoms with E-state index in [-0.39, 0.29) is 6.10 Å². The van der Waals surface area contributed by atoms with Gasteiger partial charge >= 0.3 is 0 Å². The van der Waals surface area contributed by atoms with Crippen molar-refractivity contribution >= 4 is 70.0 Å². The van der Waals surface area contributed by atoms with E-state index in [9.17, 15) is 0 Å². The van der Waals surface area contributed by atoms with E-state index in [4.69, 9.17) is 4.43 Å². The van der Waals surface area contributed by atoms with Crippen molar-refractivity contribution in [1.82, 2.24) is 0 Å². The standard InChI is InChI=1S/C24H16OSi3/c1-2-6-16-12-21-18(11-15(16)5-1)9-10-20-22(21)13-17-7-3-4-8-19(17)24(20)23-14-26-28-27-25-23/h1-13,23H,14H2. The van der Waals surface area contributed by atoms with Crippen LogP contribution in [0.5, 0.6) is 0 Å². The van der Waals surface area contributed by atoms with Crippen LogP contribution in [0.1, 0.15) is 11.7 Å². The Labute approximate surface area is 170 Å². The average Bonchev–Trinajstić information content (AvgIpc) is 2.76. The van der Waals surface area contributed by atoms with Gasteiger partial charge in [0.2, 0.25) is 9.28 Å². The summed E-state index contributed by atoms with van der Waals surface area (Å²) in [6.07, 6.45) is 0.226. The van der Waals surface area contributed by atoms with Crippen LogP contribution in [-0.2, 0) is 4.43 Å². The highest BCUT2D eigenvalue weighted by Gasteiger charge is 2.22. The zero-order chi connectivity index (χ0) is 18.5. The molecule has 0 aliphatic carbocycles. The molecule has 1 aliphatic heterocycles. The van der Waals surface area contributed by atoms with E-state index in [2.05, 4.69) is 78.9 Å². The van der Waals surface area contributed by atoms with Gasteiger partial charge in [0.15, 0.2) is 0 Å². The van der Waals surface area contributed by atoms with Crippen molar-refractivity contribution < 1.29 is 4.43 Å². The third-order valence-corrected chi connectivity index (χ3v) is 11.3. The molecule has 0 aromatic heterocycles. The Morgan fingerprint density at radius 3 is 2.18 bits per heavy atom. The molecule has 5 aromatic rings. The van der Waals surface area contributed by atoms with Crippen molar-refractivity contribution in [3.8, 4) is 0 Å². The molecule has 0 spiro atoms. The molecular weight excluding hydrogens is 389 g/mol. The molecule has 1 nitrogen and oxygen atoms in total. The molecule has 1 atom stereocenters. The Hall–Kier alpha value is -2.25. The van der Waals surface area contributed by atoms with Crippen LogP contribution in [0.4, 0.5) is 0 Å². The molecule has 1 heterocycles. The summed E-state index contributed by atoms with van der Waals surface area (Å²) in [5.41, 5.74) is 1.40. The van der Waals surface area contributed by atoms with Gasteiger partial charge < -0.3 is 4.43 Å². The first-order valence-corrected chi connectivity index (χ1v) is 14.7. The van der Waals surface area contributed by atoms with Gasteiger partial charge in [-0.1, -0.05) is 60.7 Å². The van der Waals surface area contributed by atoms with Gasteiger partial charge in [0.1, 0.15) is 0 Å². The van der Waals surface area contributed by atoms with Crippen LogP contribution in [0.3, 0.4) is 0 Å². The highest BCUT2D eigenvalue weighted by atomic mass is 29.5. The maximum atomic E-state index is 6.31. The van der Waals surface area contributed by atoms with Crippen LogP contribution >= 0.6 is 0 Å². The minimum absolute atomic E-state index is 0.226. The van der Waals surface area contributed by atoms with Crippen LogP contribution in [0.15, 0.2) is 78.9 Å². The molecule has 28 heavy (non-hydrogen) atoms. The molecule has 1 fully saturated rings. The van der Waals surface area contributed by atoms with Crippen molar-refractivity contribution in [2.75, 3.05) is 0 Å². The monoisotopic (exact) mass is 404 g/mol. The second kappa shape index (κ2) is 6.67. The van der Waals surface area contributed by atoms with Crippen molar-refractivity contribution in [3.05, 3.63) is 84.4 Å². The van der Waals surface area contributed by atoms with E-state index in [1.165, 1.54) is 48.7 Å². The maximum absolute atomic E-state index is 6.31. The van der Waals surface area contributed by atoms with Gasteiger partial charge in [0.25, 0.3) is 0 Å². The predicted octanol–water partition coefficient (Wildman–Crippen LogP) is 5.65. The smallest absolute Gasteiger partial charge is 0.203 e. The lowest BCUT2D eigenvalue weighted by atomic mass is 9.90. The van der Waals surface area contributed by atoms with E-state index in [0.717, 1.165) is 23.6 Å². The largest absolute Gasteiger partial charge is 0.416 e. The van der Waals surface area contributed by atoms with Crippen molar-refractivity contribution in [3.63, 3.8) is 0 Å². The fourth-order valence-electron chi connectivity index (χ4n) is 4.43. The Morgan fingerprint density at radius 1 is 0.643 bits per heavy atom. The predicted molar refractivity (Wildman–Crippen MR) is 122 cm³/mol. The fraction of sp³-hybridized carbons (Fsp3) is 0.0833. The maximum Gasteiger partial charge on any atom is 0.203 e. The highest BCUT2D eigenvalue weighted by Crippen LogP contribution is 2.40. The molecule has 1 saturated heterocycles. The van der Waals surface area contributed by atoms with Crippen LogP contribution in [0.2, 0.25) is 6.04 Å². The lowest BCUT2D eigenvalue weighted by molar-refractivity contribution is 0.248. The van der Waals surface area contributed by atoms with Gasteiger partial charge in [0, 0.05) is 17.6 Å². The molecule has 1 unspecified atom stereocenters. The number of hydrogen-bond acceptors (Lipinski definition) is 1. The van der Waals surface area contributed by atoms with Gasteiger partial charge in [-0.2, -0.15) is 0 Å². The Morgan fingerprint density at radius 2 is 1.36 bits per heavy atom. The molecule has 0 saturated carbocycles. The van der Waals surface area contributed by atoms with Crippen molar-refractivity contribution in [1.29, 1.82) is 0 Å². The Kier molecular flexibility index (Phi) is 3.97. The van der Waals surface area contributed by atoms with E-state index >= 15 is 0 Å². The lowest BCUT2D eigenvalue weighted by Gasteiger charge is -2.25. The Bertz CT molecular complexity index is 1360. The second-order valence-corrected chi connectivity index (χ2v) is 13.4. The summed E-state index contributed by atoms with van der Waals surface area (Å²) >= 11 is 0. The highest BCUT2D eigenvalue weighted by molar-refractivity contribution is 7.28. The first kappa shape index (κ1) is 16.7. The molecule has 0 bridgehead atoms. The number of benzene rings is 5. The van der Waals surface area contributed by atoms with Crippen LogP contribution in [0, 0.1) is 0 Å². The molecule has 5 aromatic carbocycles. The Balaban J connectivity index is 1.76. The van der Waals surface area contributed by atoms with E-state index in [1.54, 1.807) is 0 Å². The van der Waals surface area contributed by atoms with Gasteiger partial charge in [-0.25, -0.2) is 0 Å².